The number of nitrogens with one attached hydrogen (secondary N) is 1. The maximum atomic E-state index is 6.06. The molecule has 0 aliphatic rings. The van der Waals surface area contributed by atoms with Crippen LogP contribution in [0.25, 0.3) is 0 Å². The van der Waals surface area contributed by atoms with Gasteiger partial charge in [-0.1, -0.05) is 11.6 Å². The lowest BCUT2D eigenvalue weighted by molar-refractivity contribution is 0.405. The van der Waals surface area contributed by atoms with Crippen LogP contribution in [0.1, 0.15) is 28.7 Å². The summed E-state index contributed by atoms with van der Waals surface area (Å²) in [5.41, 5.74) is 4.88. The molecular weight excluding hydrogens is 276 g/mol. The Kier molecular flexibility index (Phi) is 4.70. The van der Waals surface area contributed by atoms with Gasteiger partial charge in [0.25, 0.3) is 0 Å². The number of methoxy groups -OCH3 is 1. The molecule has 1 atom stereocenters. The van der Waals surface area contributed by atoms with Gasteiger partial charge in [0, 0.05) is 10.6 Å². The fraction of sp³-hybridized carbons (Fsp3) is 0.333. The second-order valence-electron chi connectivity index (χ2n) is 4.75. The van der Waals surface area contributed by atoms with Crippen LogP contribution >= 0.6 is 11.6 Å². The maximum absolute atomic E-state index is 6.06. The quantitative estimate of drug-likeness (QED) is 0.656. The standard InChI is InChI=1S/C15H19ClN2O2/c1-9-6-13(10(2)20-9)14(18-17)8-11-7-12(16)4-5-15(11)19-3/h4-7,14,18H,8,17H2,1-3H3. The van der Waals surface area contributed by atoms with Crippen LogP contribution in [0, 0.1) is 13.8 Å². The molecule has 0 aliphatic carbocycles. The molecule has 2 aromatic rings. The van der Waals surface area contributed by atoms with Gasteiger partial charge in [0.1, 0.15) is 17.3 Å². The van der Waals surface area contributed by atoms with Crippen molar-refractivity contribution in [2.24, 2.45) is 5.84 Å². The van der Waals surface area contributed by atoms with Gasteiger partial charge in [-0.25, -0.2) is 0 Å². The van der Waals surface area contributed by atoms with E-state index in [1.165, 1.54) is 0 Å². The third-order valence-electron chi connectivity index (χ3n) is 3.32. The van der Waals surface area contributed by atoms with E-state index in [1.54, 1.807) is 7.11 Å². The molecule has 2 rings (SSSR count). The minimum Gasteiger partial charge on any atom is -0.496 e. The number of benzene rings is 1. The van der Waals surface area contributed by atoms with Crippen molar-refractivity contribution in [3.05, 3.63) is 51.9 Å². The zero-order valence-corrected chi connectivity index (χ0v) is 12.6. The first-order valence-corrected chi connectivity index (χ1v) is 6.78. The molecule has 3 N–H and O–H groups in total. The highest BCUT2D eigenvalue weighted by Gasteiger charge is 2.18. The van der Waals surface area contributed by atoms with Crippen molar-refractivity contribution in [1.82, 2.24) is 5.43 Å². The molecule has 1 aromatic heterocycles. The Hall–Kier alpha value is -1.49. The summed E-state index contributed by atoms with van der Waals surface area (Å²) >= 11 is 6.06. The summed E-state index contributed by atoms with van der Waals surface area (Å²) in [5.74, 6) is 8.23. The van der Waals surface area contributed by atoms with Gasteiger partial charge in [-0.05, 0) is 50.1 Å². The summed E-state index contributed by atoms with van der Waals surface area (Å²) < 4.78 is 10.9. The van der Waals surface area contributed by atoms with E-state index in [2.05, 4.69) is 5.43 Å². The third kappa shape index (κ3) is 3.15. The SMILES string of the molecule is COc1ccc(Cl)cc1CC(NN)c1cc(C)oc1C. The molecule has 0 saturated heterocycles. The number of aryl methyl sites for hydroxylation is 2. The van der Waals surface area contributed by atoms with Gasteiger partial charge in [0.15, 0.2) is 0 Å². The molecule has 0 aliphatic heterocycles. The number of ether oxygens (including phenoxy) is 1. The van der Waals surface area contributed by atoms with Crippen molar-refractivity contribution >= 4 is 11.6 Å². The topological polar surface area (TPSA) is 60.4 Å². The first kappa shape index (κ1) is 14.9. The molecule has 5 heteroatoms. The molecule has 108 valence electrons. The molecule has 20 heavy (non-hydrogen) atoms. The van der Waals surface area contributed by atoms with Crippen molar-refractivity contribution in [2.45, 2.75) is 26.3 Å². The third-order valence-corrected chi connectivity index (χ3v) is 3.56. The van der Waals surface area contributed by atoms with Crippen LogP contribution in [0.3, 0.4) is 0 Å². The zero-order chi connectivity index (χ0) is 14.7. The van der Waals surface area contributed by atoms with Crippen LogP contribution < -0.4 is 16.0 Å². The van der Waals surface area contributed by atoms with Gasteiger partial charge >= 0.3 is 0 Å². The number of hydrazine groups is 1. The minimum atomic E-state index is -0.0557. The average Bonchev–Trinajstić information content (AvgIpc) is 2.75. The lowest BCUT2D eigenvalue weighted by Gasteiger charge is -2.17. The van der Waals surface area contributed by atoms with Gasteiger partial charge in [-0.15, -0.1) is 0 Å². The van der Waals surface area contributed by atoms with Gasteiger partial charge < -0.3 is 9.15 Å². The van der Waals surface area contributed by atoms with Crippen molar-refractivity contribution < 1.29 is 9.15 Å². The zero-order valence-electron chi connectivity index (χ0n) is 11.9. The van der Waals surface area contributed by atoms with Gasteiger partial charge in [-0.3, -0.25) is 11.3 Å². The van der Waals surface area contributed by atoms with E-state index in [0.29, 0.717) is 11.4 Å². The summed E-state index contributed by atoms with van der Waals surface area (Å²) in [6, 6.07) is 7.50. The number of hydrogen-bond acceptors (Lipinski definition) is 4. The Morgan fingerprint density at radius 1 is 1.35 bits per heavy atom. The number of halogens is 1. The normalized spacial score (nSPS) is 12.4. The van der Waals surface area contributed by atoms with Crippen LogP contribution in [-0.4, -0.2) is 7.11 Å². The number of rotatable bonds is 5. The first-order valence-electron chi connectivity index (χ1n) is 6.40. The van der Waals surface area contributed by atoms with Crippen LogP contribution in [0.4, 0.5) is 0 Å². The maximum Gasteiger partial charge on any atom is 0.122 e. The summed E-state index contributed by atoms with van der Waals surface area (Å²) in [6.07, 6.45) is 0.667. The second-order valence-corrected chi connectivity index (χ2v) is 5.18. The Bertz CT molecular complexity index is 596. The fourth-order valence-corrected chi connectivity index (χ4v) is 2.58. The molecular formula is C15H19ClN2O2. The highest BCUT2D eigenvalue weighted by Crippen LogP contribution is 2.29. The smallest absolute Gasteiger partial charge is 0.122 e. The Labute approximate surface area is 123 Å². The first-order chi connectivity index (χ1) is 9.55. The Balaban J connectivity index is 2.31. The summed E-state index contributed by atoms with van der Waals surface area (Å²) in [7, 11) is 1.64. The van der Waals surface area contributed by atoms with Crippen LogP contribution in [-0.2, 0) is 6.42 Å². The predicted octanol–water partition coefficient (Wildman–Crippen LogP) is 3.31. The summed E-state index contributed by atoms with van der Waals surface area (Å²) in [6.45, 7) is 3.85. The van der Waals surface area contributed by atoms with E-state index in [-0.39, 0.29) is 6.04 Å². The van der Waals surface area contributed by atoms with Crippen molar-refractivity contribution in [2.75, 3.05) is 7.11 Å². The van der Waals surface area contributed by atoms with E-state index >= 15 is 0 Å². The molecule has 0 radical (unpaired) electrons. The van der Waals surface area contributed by atoms with E-state index < -0.39 is 0 Å². The number of furan rings is 1. The average molecular weight is 295 g/mol. The van der Waals surface area contributed by atoms with Gasteiger partial charge in [0.05, 0.1) is 13.2 Å². The van der Waals surface area contributed by atoms with Gasteiger partial charge in [0.2, 0.25) is 0 Å². The van der Waals surface area contributed by atoms with Crippen LogP contribution in [0.15, 0.2) is 28.7 Å². The Morgan fingerprint density at radius 3 is 2.65 bits per heavy atom. The molecule has 1 heterocycles. The molecule has 0 bridgehead atoms. The molecule has 0 spiro atoms. The Morgan fingerprint density at radius 2 is 2.10 bits per heavy atom. The van der Waals surface area contributed by atoms with E-state index in [1.807, 2.05) is 38.1 Å². The molecule has 4 nitrogen and oxygen atoms in total. The number of nitrogens with two attached hydrogens (primary N) is 1. The summed E-state index contributed by atoms with van der Waals surface area (Å²) in [5, 5.41) is 0.677. The lowest BCUT2D eigenvalue weighted by Crippen LogP contribution is -2.29. The largest absolute Gasteiger partial charge is 0.496 e. The molecule has 0 saturated carbocycles. The lowest BCUT2D eigenvalue weighted by atomic mass is 9.99. The molecule has 0 fully saturated rings. The number of hydrogen-bond donors (Lipinski definition) is 2. The van der Waals surface area contributed by atoms with Crippen LogP contribution in [0.5, 0.6) is 5.75 Å². The molecule has 1 aromatic carbocycles. The highest BCUT2D eigenvalue weighted by molar-refractivity contribution is 6.30. The minimum absolute atomic E-state index is 0.0557. The molecule has 1 unspecified atom stereocenters. The van der Waals surface area contributed by atoms with Crippen molar-refractivity contribution in [3.8, 4) is 5.75 Å². The fourth-order valence-electron chi connectivity index (χ4n) is 2.38. The summed E-state index contributed by atoms with van der Waals surface area (Å²) in [4.78, 5) is 0. The van der Waals surface area contributed by atoms with Gasteiger partial charge in [-0.2, -0.15) is 0 Å². The van der Waals surface area contributed by atoms with E-state index in [9.17, 15) is 0 Å². The predicted molar refractivity (Wildman–Crippen MR) is 80.0 cm³/mol. The van der Waals surface area contributed by atoms with Crippen molar-refractivity contribution in [3.63, 3.8) is 0 Å². The van der Waals surface area contributed by atoms with E-state index in [0.717, 1.165) is 28.4 Å². The van der Waals surface area contributed by atoms with Crippen molar-refractivity contribution in [1.29, 1.82) is 0 Å². The molecule has 0 amide bonds. The highest BCUT2D eigenvalue weighted by atomic mass is 35.5. The van der Waals surface area contributed by atoms with E-state index in [4.69, 9.17) is 26.6 Å². The van der Waals surface area contributed by atoms with Crippen LogP contribution in [0.2, 0.25) is 5.02 Å². The second kappa shape index (κ2) is 6.31. The monoisotopic (exact) mass is 294 g/mol.